The SMILES string of the molecule is C=CCn1c(S[C@@H](C)C(=O)c2ccc(OC)cc2)nc2sccc2c1=O. The van der Waals surface area contributed by atoms with E-state index in [1.807, 2.05) is 12.3 Å². The van der Waals surface area contributed by atoms with Gasteiger partial charge in [0.1, 0.15) is 10.6 Å². The summed E-state index contributed by atoms with van der Waals surface area (Å²) in [6.45, 7) is 5.88. The maximum Gasteiger partial charge on any atom is 0.263 e. The summed E-state index contributed by atoms with van der Waals surface area (Å²) in [6.07, 6.45) is 1.65. The van der Waals surface area contributed by atoms with Crippen LogP contribution in [-0.2, 0) is 6.54 Å². The molecule has 0 aliphatic rings. The van der Waals surface area contributed by atoms with Gasteiger partial charge in [0.25, 0.3) is 5.56 Å². The van der Waals surface area contributed by atoms with Gasteiger partial charge in [-0.2, -0.15) is 0 Å². The molecule has 0 radical (unpaired) electrons. The van der Waals surface area contributed by atoms with Crippen molar-refractivity contribution in [1.29, 1.82) is 0 Å². The Morgan fingerprint density at radius 1 is 1.38 bits per heavy atom. The number of nitrogens with zero attached hydrogens (tertiary/aromatic N) is 2. The number of hydrogen-bond donors (Lipinski definition) is 0. The average molecular weight is 386 g/mol. The predicted octanol–water partition coefficient (Wildman–Crippen LogP) is 4.02. The van der Waals surface area contributed by atoms with Crippen molar-refractivity contribution in [2.75, 3.05) is 7.11 Å². The molecule has 1 atom stereocenters. The molecule has 1 aromatic carbocycles. The number of thiophene rings is 1. The highest BCUT2D eigenvalue weighted by atomic mass is 32.2. The van der Waals surface area contributed by atoms with Crippen LogP contribution in [0.5, 0.6) is 5.75 Å². The topological polar surface area (TPSA) is 61.2 Å². The summed E-state index contributed by atoms with van der Waals surface area (Å²) in [5.74, 6) is 0.676. The van der Waals surface area contributed by atoms with E-state index in [0.717, 1.165) is 0 Å². The van der Waals surface area contributed by atoms with Crippen molar-refractivity contribution in [3.63, 3.8) is 0 Å². The highest BCUT2D eigenvalue weighted by Crippen LogP contribution is 2.27. The molecule has 5 nitrogen and oxygen atoms in total. The fraction of sp³-hybridized carbons (Fsp3) is 0.211. The van der Waals surface area contributed by atoms with E-state index in [0.29, 0.717) is 33.2 Å². The molecule has 3 rings (SSSR count). The van der Waals surface area contributed by atoms with Gasteiger partial charge in [0.2, 0.25) is 0 Å². The van der Waals surface area contributed by atoms with Gasteiger partial charge < -0.3 is 4.74 Å². The molecular formula is C19H18N2O3S2. The van der Waals surface area contributed by atoms with Crippen molar-refractivity contribution in [3.05, 3.63) is 64.3 Å². The van der Waals surface area contributed by atoms with Crippen LogP contribution in [0.1, 0.15) is 17.3 Å². The normalized spacial score (nSPS) is 12.1. The Hall–Kier alpha value is -2.38. The minimum atomic E-state index is -0.385. The fourth-order valence-corrected chi connectivity index (χ4v) is 4.31. The molecule has 2 aromatic heterocycles. The Kier molecular flexibility index (Phi) is 5.58. The number of thioether (sulfide) groups is 1. The lowest BCUT2D eigenvalue weighted by molar-refractivity contribution is 0.0994. The van der Waals surface area contributed by atoms with Crippen molar-refractivity contribution < 1.29 is 9.53 Å². The Morgan fingerprint density at radius 3 is 2.77 bits per heavy atom. The zero-order valence-electron chi connectivity index (χ0n) is 14.5. The molecule has 0 unspecified atom stereocenters. The first-order valence-electron chi connectivity index (χ1n) is 7.99. The summed E-state index contributed by atoms with van der Waals surface area (Å²) in [4.78, 5) is 30.6. The minimum absolute atomic E-state index is 0.0247. The number of carbonyl (C=O) groups is 1. The van der Waals surface area contributed by atoms with E-state index >= 15 is 0 Å². The van der Waals surface area contributed by atoms with E-state index in [-0.39, 0.29) is 16.6 Å². The van der Waals surface area contributed by atoms with Crippen LogP contribution in [0.2, 0.25) is 0 Å². The van der Waals surface area contributed by atoms with E-state index in [1.54, 1.807) is 48.1 Å². The highest BCUT2D eigenvalue weighted by Gasteiger charge is 2.20. The summed E-state index contributed by atoms with van der Waals surface area (Å²) < 4.78 is 6.68. The first-order valence-corrected chi connectivity index (χ1v) is 9.75. The maximum absolute atomic E-state index is 12.7. The third-order valence-corrected chi connectivity index (χ3v) is 5.78. The van der Waals surface area contributed by atoms with Crippen LogP contribution < -0.4 is 10.3 Å². The zero-order chi connectivity index (χ0) is 18.7. The number of carbonyl (C=O) groups excluding carboxylic acids is 1. The molecular weight excluding hydrogens is 368 g/mol. The van der Waals surface area contributed by atoms with Gasteiger partial charge in [0.15, 0.2) is 10.9 Å². The largest absolute Gasteiger partial charge is 0.497 e. The first-order chi connectivity index (χ1) is 12.5. The van der Waals surface area contributed by atoms with Crippen LogP contribution in [0.15, 0.2) is 58.3 Å². The number of methoxy groups -OCH3 is 1. The van der Waals surface area contributed by atoms with E-state index in [4.69, 9.17) is 4.74 Å². The second-order valence-electron chi connectivity index (χ2n) is 5.59. The van der Waals surface area contributed by atoms with Gasteiger partial charge in [-0.05, 0) is 42.6 Å². The quantitative estimate of drug-likeness (QED) is 0.266. The highest BCUT2D eigenvalue weighted by molar-refractivity contribution is 8.00. The van der Waals surface area contributed by atoms with Gasteiger partial charge in [0.05, 0.1) is 17.7 Å². The predicted molar refractivity (Wildman–Crippen MR) is 107 cm³/mol. The number of fused-ring (bicyclic) bond motifs is 1. The lowest BCUT2D eigenvalue weighted by Crippen LogP contribution is -2.24. The third kappa shape index (κ3) is 3.59. The van der Waals surface area contributed by atoms with Gasteiger partial charge in [-0.1, -0.05) is 17.8 Å². The number of ketones is 1. The monoisotopic (exact) mass is 386 g/mol. The molecule has 0 aliphatic heterocycles. The molecule has 0 saturated heterocycles. The van der Waals surface area contributed by atoms with Gasteiger partial charge >= 0.3 is 0 Å². The number of ether oxygens (including phenoxy) is 1. The van der Waals surface area contributed by atoms with E-state index < -0.39 is 0 Å². The Labute approximate surface area is 159 Å². The summed E-state index contributed by atoms with van der Waals surface area (Å²) in [5, 5.41) is 2.58. The third-order valence-electron chi connectivity index (χ3n) is 3.89. The van der Waals surface area contributed by atoms with Crippen molar-refractivity contribution in [3.8, 4) is 5.75 Å². The van der Waals surface area contributed by atoms with Gasteiger partial charge in [-0.3, -0.25) is 14.2 Å². The van der Waals surface area contributed by atoms with Gasteiger partial charge in [0, 0.05) is 12.1 Å². The molecule has 2 heterocycles. The molecule has 0 aliphatic carbocycles. The number of rotatable bonds is 7. The van der Waals surface area contributed by atoms with Crippen molar-refractivity contribution in [2.24, 2.45) is 0 Å². The minimum Gasteiger partial charge on any atom is -0.497 e. The zero-order valence-corrected chi connectivity index (χ0v) is 16.1. The number of Topliss-reactive ketones (excluding diaryl/α,β-unsaturated/α-hetero) is 1. The number of hydrogen-bond acceptors (Lipinski definition) is 6. The molecule has 3 aromatic rings. The van der Waals surface area contributed by atoms with Gasteiger partial charge in [-0.25, -0.2) is 4.98 Å². The van der Waals surface area contributed by atoms with Gasteiger partial charge in [-0.15, -0.1) is 17.9 Å². The molecule has 0 bridgehead atoms. The maximum atomic E-state index is 12.7. The van der Waals surface area contributed by atoms with Crippen molar-refractivity contribution >= 4 is 39.1 Å². The van der Waals surface area contributed by atoms with E-state index in [1.165, 1.54) is 23.1 Å². The van der Waals surface area contributed by atoms with Crippen LogP contribution >= 0.6 is 23.1 Å². The van der Waals surface area contributed by atoms with Crippen LogP contribution in [0.25, 0.3) is 10.2 Å². The molecule has 0 amide bonds. The smallest absolute Gasteiger partial charge is 0.263 e. The number of allylic oxidation sites excluding steroid dienone is 1. The first kappa shape index (κ1) is 18.4. The van der Waals surface area contributed by atoms with Crippen molar-refractivity contribution in [2.45, 2.75) is 23.9 Å². The molecule has 0 saturated carbocycles. The summed E-state index contributed by atoms with van der Waals surface area (Å²) in [5.41, 5.74) is 0.489. The Morgan fingerprint density at radius 2 is 2.12 bits per heavy atom. The molecule has 0 N–H and O–H groups in total. The standard InChI is InChI=1S/C19H18N2O3S2/c1-4-10-21-18(23)15-9-11-25-17(15)20-19(21)26-12(2)16(22)13-5-7-14(24-3)8-6-13/h4-9,11-12H,1,10H2,2-3H3/t12-/m0/s1. The molecule has 0 spiro atoms. The summed E-state index contributed by atoms with van der Waals surface area (Å²) >= 11 is 2.70. The molecule has 26 heavy (non-hydrogen) atoms. The van der Waals surface area contributed by atoms with Crippen LogP contribution in [-0.4, -0.2) is 27.7 Å². The van der Waals surface area contributed by atoms with Crippen LogP contribution in [0.4, 0.5) is 0 Å². The lowest BCUT2D eigenvalue weighted by atomic mass is 10.1. The molecule has 7 heteroatoms. The molecule has 134 valence electrons. The van der Waals surface area contributed by atoms with Crippen LogP contribution in [0.3, 0.4) is 0 Å². The summed E-state index contributed by atoms with van der Waals surface area (Å²) in [7, 11) is 1.58. The second kappa shape index (κ2) is 7.88. The van der Waals surface area contributed by atoms with Crippen LogP contribution in [0, 0.1) is 0 Å². The average Bonchev–Trinajstić information content (AvgIpc) is 3.13. The van der Waals surface area contributed by atoms with E-state index in [2.05, 4.69) is 11.6 Å². The number of benzene rings is 1. The Bertz CT molecular complexity index is 1010. The Balaban J connectivity index is 1.91. The second-order valence-corrected chi connectivity index (χ2v) is 7.79. The van der Waals surface area contributed by atoms with Crippen molar-refractivity contribution in [1.82, 2.24) is 9.55 Å². The summed E-state index contributed by atoms with van der Waals surface area (Å²) in [6, 6.07) is 8.77. The van der Waals surface area contributed by atoms with E-state index in [9.17, 15) is 9.59 Å². The number of aromatic nitrogens is 2. The lowest BCUT2D eigenvalue weighted by Gasteiger charge is -2.14. The fourth-order valence-electron chi connectivity index (χ4n) is 2.51. The molecule has 0 fully saturated rings.